The molecule has 1 saturated heterocycles. The van der Waals surface area contributed by atoms with Crippen molar-refractivity contribution in [3.63, 3.8) is 0 Å². The van der Waals surface area contributed by atoms with Crippen molar-refractivity contribution < 1.29 is 25.8 Å². The van der Waals surface area contributed by atoms with Crippen LogP contribution < -0.4 is 4.18 Å². The van der Waals surface area contributed by atoms with E-state index in [4.69, 9.17) is 0 Å². The first-order valence-electron chi connectivity index (χ1n) is 7.67. The predicted octanol–water partition coefficient (Wildman–Crippen LogP) is 2.42. The fourth-order valence-electron chi connectivity index (χ4n) is 2.93. The van der Waals surface area contributed by atoms with Gasteiger partial charge < -0.3 is 4.18 Å². The number of halogens is 3. The zero-order valence-electron chi connectivity index (χ0n) is 13.6. The molecule has 3 rings (SSSR count). The molecular formula is C14H17F3N4O3S. The quantitative estimate of drug-likeness (QED) is 0.603. The summed E-state index contributed by atoms with van der Waals surface area (Å²) in [5, 5.41) is 4.46. The Balaban J connectivity index is 1.97. The van der Waals surface area contributed by atoms with Crippen LogP contribution in [0.4, 0.5) is 13.2 Å². The molecule has 2 aromatic rings. The molecule has 0 saturated carbocycles. The summed E-state index contributed by atoms with van der Waals surface area (Å²) in [5.41, 5.74) is -4.11. The summed E-state index contributed by atoms with van der Waals surface area (Å²) in [5.74, 6) is -0.634. The molecule has 138 valence electrons. The van der Waals surface area contributed by atoms with Crippen molar-refractivity contribution in [2.75, 3.05) is 13.6 Å². The monoisotopic (exact) mass is 378 g/mol. The Morgan fingerprint density at radius 2 is 2.00 bits per heavy atom. The smallest absolute Gasteiger partial charge is 0.355 e. The Morgan fingerprint density at radius 1 is 1.28 bits per heavy atom. The largest absolute Gasteiger partial charge is 0.534 e. The van der Waals surface area contributed by atoms with Gasteiger partial charge in [0.05, 0.1) is 11.7 Å². The number of hydrogen-bond acceptors (Lipinski definition) is 6. The second kappa shape index (κ2) is 6.13. The summed E-state index contributed by atoms with van der Waals surface area (Å²) in [6.07, 6.45) is 3.09. The maximum atomic E-state index is 12.5. The van der Waals surface area contributed by atoms with Gasteiger partial charge >= 0.3 is 15.6 Å². The van der Waals surface area contributed by atoms with Crippen molar-refractivity contribution in [1.82, 2.24) is 19.5 Å². The van der Waals surface area contributed by atoms with Gasteiger partial charge in [-0.3, -0.25) is 4.90 Å². The van der Waals surface area contributed by atoms with Crippen LogP contribution in [0.25, 0.3) is 5.65 Å². The van der Waals surface area contributed by atoms with E-state index in [1.54, 1.807) is 13.0 Å². The van der Waals surface area contributed by atoms with Gasteiger partial charge in [-0.05, 0) is 33.4 Å². The van der Waals surface area contributed by atoms with Gasteiger partial charge in [0.25, 0.3) is 0 Å². The van der Waals surface area contributed by atoms with Crippen molar-refractivity contribution in [2.45, 2.75) is 37.7 Å². The molecule has 25 heavy (non-hydrogen) atoms. The molecule has 1 aliphatic heterocycles. The maximum absolute atomic E-state index is 12.5. The molecule has 1 atom stereocenters. The Hall–Kier alpha value is -1.88. The van der Waals surface area contributed by atoms with E-state index in [2.05, 4.69) is 19.2 Å². The van der Waals surface area contributed by atoms with E-state index in [0.29, 0.717) is 5.69 Å². The average Bonchev–Trinajstić information content (AvgIpc) is 2.90. The topological polar surface area (TPSA) is 76.8 Å². The summed E-state index contributed by atoms with van der Waals surface area (Å²) >= 11 is 0. The first kappa shape index (κ1) is 17.9. The first-order chi connectivity index (χ1) is 11.6. The van der Waals surface area contributed by atoms with Crippen LogP contribution in [0.15, 0.2) is 12.1 Å². The van der Waals surface area contributed by atoms with Gasteiger partial charge in [0.1, 0.15) is 0 Å². The first-order valence-corrected chi connectivity index (χ1v) is 9.07. The molecule has 0 aromatic carbocycles. The highest BCUT2D eigenvalue weighted by molar-refractivity contribution is 7.87. The van der Waals surface area contributed by atoms with Gasteiger partial charge in [0.15, 0.2) is 5.65 Å². The molecule has 2 aromatic heterocycles. The summed E-state index contributed by atoms with van der Waals surface area (Å²) in [7, 11) is -3.77. The molecule has 0 aliphatic carbocycles. The fourth-order valence-corrected chi connectivity index (χ4v) is 3.33. The molecule has 0 unspecified atom stereocenters. The van der Waals surface area contributed by atoms with Crippen molar-refractivity contribution in [3.8, 4) is 5.88 Å². The Labute approximate surface area is 142 Å². The lowest BCUT2D eigenvalue weighted by atomic mass is 10.0. The van der Waals surface area contributed by atoms with Gasteiger partial charge in [-0.2, -0.15) is 31.7 Å². The minimum Gasteiger partial charge on any atom is -0.355 e. The molecular weight excluding hydrogens is 361 g/mol. The lowest BCUT2D eigenvalue weighted by Gasteiger charge is -2.30. The third-order valence-electron chi connectivity index (χ3n) is 4.19. The number of aromatic nitrogens is 3. The number of likely N-dealkylation sites (tertiary alicyclic amines) is 1. The van der Waals surface area contributed by atoms with E-state index in [9.17, 15) is 21.6 Å². The molecule has 11 heteroatoms. The number of hydrogen-bond donors (Lipinski definition) is 0. The summed E-state index contributed by atoms with van der Waals surface area (Å²) in [6.45, 7) is 2.52. The van der Waals surface area contributed by atoms with E-state index < -0.39 is 21.5 Å². The lowest BCUT2D eigenvalue weighted by Crippen LogP contribution is -2.29. The predicted molar refractivity (Wildman–Crippen MR) is 82.5 cm³/mol. The zero-order chi connectivity index (χ0) is 18.4. The van der Waals surface area contributed by atoms with Crippen molar-refractivity contribution >= 4 is 15.8 Å². The van der Waals surface area contributed by atoms with E-state index in [-0.39, 0.29) is 11.7 Å². The van der Waals surface area contributed by atoms with E-state index in [0.717, 1.165) is 37.6 Å². The number of rotatable bonds is 3. The standard InChI is InChI=1S/C14H17F3N4O3S/c1-9-7-13(24-25(22,23)14(15,16)17)18-12-8-10(19-21(9)12)11-5-3-4-6-20(11)2/h7-8,11H,3-6H2,1-2H3/t11-/m0/s1. The highest BCUT2D eigenvalue weighted by atomic mass is 32.2. The third kappa shape index (κ3) is 3.43. The summed E-state index contributed by atoms with van der Waals surface area (Å²) in [6, 6.07) is 2.85. The lowest BCUT2D eigenvalue weighted by molar-refractivity contribution is -0.0501. The Morgan fingerprint density at radius 3 is 2.64 bits per heavy atom. The molecule has 0 amide bonds. The highest BCUT2D eigenvalue weighted by Crippen LogP contribution is 2.30. The molecule has 1 aliphatic rings. The number of nitrogens with zero attached hydrogens (tertiary/aromatic N) is 4. The Bertz CT molecular complexity index is 895. The highest BCUT2D eigenvalue weighted by Gasteiger charge is 2.49. The number of aryl methyl sites for hydroxylation is 1. The molecule has 7 nitrogen and oxygen atoms in total. The number of piperidine rings is 1. The van der Waals surface area contributed by atoms with Gasteiger partial charge in [-0.1, -0.05) is 6.42 Å². The van der Waals surface area contributed by atoms with Crippen LogP contribution in [0.1, 0.15) is 36.7 Å². The van der Waals surface area contributed by atoms with E-state index in [1.165, 1.54) is 4.52 Å². The van der Waals surface area contributed by atoms with E-state index in [1.807, 2.05) is 7.05 Å². The SMILES string of the molecule is Cc1cc(OS(=O)(=O)C(F)(F)F)nc2cc([C@@H]3CCCCN3C)nn12. The average molecular weight is 378 g/mol. The van der Waals surface area contributed by atoms with E-state index >= 15 is 0 Å². The summed E-state index contributed by atoms with van der Waals surface area (Å²) < 4.78 is 65.3. The molecule has 3 heterocycles. The van der Waals surface area contributed by atoms with Crippen LogP contribution in [-0.4, -0.2) is 47.0 Å². The Kier molecular flexibility index (Phi) is 4.40. The summed E-state index contributed by atoms with van der Waals surface area (Å²) in [4.78, 5) is 6.01. The van der Waals surface area contributed by atoms with Crippen molar-refractivity contribution in [1.29, 1.82) is 0 Å². The molecule has 0 radical (unpaired) electrons. The minimum atomic E-state index is -5.76. The fraction of sp³-hybridized carbons (Fsp3) is 0.571. The molecule has 1 fully saturated rings. The number of fused-ring (bicyclic) bond motifs is 1. The second-order valence-corrected chi connectivity index (χ2v) is 7.59. The van der Waals surface area contributed by atoms with Gasteiger partial charge in [0.2, 0.25) is 5.88 Å². The van der Waals surface area contributed by atoms with Gasteiger partial charge in [-0.15, -0.1) is 0 Å². The second-order valence-electron chi connectivity index (χ2n) is 6.05. The molecule has 0 N–H and O–H groups in total. The van der Waals surface area contributed by atoms with Crippen LogP contribution in [0.3, 0.4) is 0 Å². The van der Waals surface area contributed by atoms with Crippen molar-refractivity contribution in [2.24, 2.45) is 0 Å². The third-order valence-corrected chi connectivity index (χ3v) is 5.15. The molecule has 0 spiro atoms. The van der Waals surface area contributed by atoms with Crippen LogP contribution in [0.5, 0.6) is 5.88 Å². The maximum Gasteiger partial charge on any atom is 0.534 e. The minimum absolute atomic E-state index is 0.0955. The van der Waals surface area contributed by atoms with Gasteiger partial charge in [0, 0.05) is 17.8 Å². The van der Waals surface area contributed by atoms with Gasteiger partial charge in [-0.25, -0.2) is 4.52 Å². The van der Waals surface area contributed by atoms with Crippen LogP contribution in [-0.2, 0) is 10.1 Å². The molecule has 0 bridgehead atoms. The van der Waals surface area contributed by atoms with Crippen LogP contribution in [0, 0.1) is 6.92 Å². The zero-order valence-corrected chi connectivity index (χ0v) is 14.4. The normalized spacial score (nSPS) is 20.1. The number of alkyl halides is 3. The van der Waals surface area contributed by atoms with Crippen LogP contribution >= 0.6 is 0 Å². The van der Waals surface area contributed by atoms with Crippen molar-refractivity contribution in [3.05, 3.63) is 23.5 Å². The van der Waals surface area contributed by atoms with Crippen LogP contribution in [0.2, 0.25) is 0 Å².